The highest BCUT2D eigenvalue weighted by atomic mass is 79.9. The zero-order valence-electron chi connectivity index (χ0n) is 14.1. The van der Waals surface area contributed by atoms with Gasteiger partial charge in [0.05, 0.1) is 25.0 Å². The third kappa shape index (κ3) is 5.22. The molecule has 0 atom stereocenters. The number of amides is 1. The number of phenolic OH excluding ortho intramolecular Hbond substituents is 1. The minimum absolute atomic E-state index is 0.0325. The molecular formula is C18H19BrN2O4. The van der Waals surface area contributed by atoms with Gasteiger partial charge in [-0.15, -0.1) is 0 Å². The largest absolute Gasteiger partial charge is 0.507 e. The molecule has 7 heteroatoms. The van der Waals surface area contributed by atoms with E-state index in [0.29, 0.717) is 22.6 Å². The average molecular weight is 407 g/mol. The molecule has 6 nitrogen and oxygen atoms in total. The molecule has 0 aliphatic carbocycles. The summed E-state index contributed by atoms with van der Waals surface area (Å²) in [5, 5.41) is 13.7. The van der Waals surface area contributed by atoms with E-state index in [0.717, 1.165) is 4.47 Å². The highest BCUT2D eigenvalue weighted by molar-refractivity contribution is 9.10. The van der Waals surface area contributed by atoms with E-state index in [9.17, 15) is 9.90 Å². The average Bonchev–Trinajstić information content (AvgIpc) is 2.57. The van der Waals surface area contributed by atoms with Crippen molar-refractivity contribution in [3.63, 3.8) is 0 Å². The zero-order valence-corrected chi connectivity index (χ0v) is 15.7. The lowest BCUT2D eigenvalue weighted by Crippen LogP contribution is -2.20. The summed E-state index contributed by atoms with van der Waals surface area (Å²) in [5.74, 6) is 0.654. The molecule has 0 radical (unpaired) electrons. The van der Waals surface area contributed by atoms with E-state index in [-0.39, 0.29) is 11.9 Å². The van der Waals surface area contributed by atoms with Crippen molar-refractivity contribution >= 4 is 28.1 Å². The fourth-order valence-corrected chi connectivity index (χ4v) is 2.38. The Hall–Kier alpha value is -2.54. The van der Waals surface area contributed by atoms with Crippen LogP contribution in [0.15, 0.2) is 46.0 Å². The second-order valence-electron chi connectivity index (χ2n) is 5.43. The maximum absolute atomic E-state index is 12.4. The Morgan fingerprint density at radius 1 is 1.28 bits per heavy atom. The van der Waals surface area contributed by atoms with Gasteiger partial charge in [0, 0.05) is 10.0 Å². The topological polar surface area (TPSA) is 80.2 Å². The minimum Gasteiger partial charge on any atom is -0.507 e. The molecule has 1 amide bonds. The van der Waals surface area contributed by atoms with Crippen molar-refractivity contribution in [1.82, 2.24) is 5.43 Å². The molecule has 2 rings (SSSR count). The van der Waals surface area contributed by atoms with E-state index in [4.69, 9.17) is 9.47 Å². The predicted molar refractivity (Wildman–Crippen MR) is 99.6 cm³/mol. The molecular weight excluding hydrogens is 388 g/mol. The molecule has 0 spiro atoms. The van der Waals surface area contributed by atoms with Gasteiger partial charge in [0.15, 0.2) is 0 Å². The Bertz CT molecular complexity index is 791. The molecule has 0 bridgehead atoms. The van der Waals surface area contributed by atoms with Crippen molar-refractivity contribution in [2.45, 2.75) is 20.0 Å². The maximum Gasteiger partial charge on any atom is 0.275 e. The minimum atomic E-state index is -0.421. The highest BCUT2D eigenvalue weighted by Crippen LogP contribution is 2.24. The van der Waals surface area contributed by atoms with Crippen LogP contribution in [0.1, 0.15) is 29.8 Å². The van der Waals surface area contributed by atoms with Gasteiger partial charge in [-0.05, 0) is 50.2 Å². The zero-order chi connectivity index (χ0) is 18.4. The Kier molecular flexibility index (Phi) is 6.41. The van der Waals surface area contributed by atoms with Crippen LogP contribution in [0.2, 0.25) is 0 Å². The molecule has 0 fully saturated rings. The molecule has 2 aromatic rings. The molecule has 0 heterocycles. The smallest absolute Gasteiger partial charge is 0.275 e. The molecule has 25 heavy (non-hydrogen) atoms. The number of ether oxygens (including phenoxy) is 2. The summed E-state index contributed by atoms with van der Waals surface area (Å²) < 4.78 is 11.5. The normalized spacial score (nSPS) is 10.9. The number of methoxy groups -OCH3 is 1. The molecule has 0 saturated carbocycles. The first kappa shape index (κ1) is 18.8. The first-order valence-corrected chi connectivity index (χ1v) is 8.36. The number of carbonyl (C=O) groups excluding carboxylic acids is 1. The molecule has 2 aromatic carbocycles. The third-order valence-electron chi connectivity index (χ3n) is 3.15. The van der Waals surface area contributed by atoms with Crippen molar-refractivity contribution in [2.24, 2.45) is 5.10 Å². The number of hydrazone groups is 1. The van der Waals surface area contributed by atoms with Crippen LogP contribution in [-0.2, 0) is 0 Å². The lowest BCUT2D eigenvalue weighted by molar-refractivity contribution is 0.0949. The number of nitrogens with zero attached hydrogens (tertiary/aromatic N) is 1. The summed E-state index contributed by atoms with van der Waals surface area (Å²) in [5.41, 5.74) is 3.21. The van der Waals surface area contributed by atoms with Crippen molar-refractivity contribution in [2.75, 3.05) is 7.11 Å². The van der Waals surface area contributed by atoms with Crippen LogP contribution in [0.3, 0.4) is 0 Å². The predicted octanol–water partition coefficient (Wildman–Crippen LogP) is 3.71. The van der Waals surface area contributed by atoms with Gasteiger partial charge >= 0.3 is 0 Å². The number of halogens is 1. The van der Waals surface area contributed by atoms with Gasteiger partial charge in [-0.3, -0.25) is 4.79 Å². The van der Waals surface area contributed by atoms with Crippen LogP contribution in [0, 0.1) is 0 Å². The second kappa shape index (κ2) is 8.53. The number of aromatic hydroxyl groups is 1. The molecule has 2 N–H and O–H groups in total. The third-order valence-corrected chi connectivity index (χ3v) is 3.65. The van der Waals surface area contributed by atoms with Gasteiger partial charge in [0.1, 0.15) is 17.2 Å². The van der Waals surface area contributed by atoms with Gasteiger partial charge in [0.25, 0.3) is 5.91 Å². The molecule has 0 saturated heterocycles. The monoisotopic (exact) mass is 406 g/mol. The lowest BCUT2D eigenvalue weighted by Gasteiger charge is -2.13. The van der Waals surface area contributed by atoms with E-state index in [1.165, 1.54) is 19.4 Å². The number of hydrogen-bond acceptors (Lipinski definition) is 5. The SMILES string of the molecule is COc1ccc(O)c(/C=N\NC(=O)c2cc(Br)ccc2OC(C)C)c1. The fraction of sp³-hybridized carbons (Fsp3) is 0.222. The second-order valence-corrected chi connectivity index (χ2v) is 6.35. The quantitative estimate of drug-likeness (QED) is 0.565. The van der Waals surface area contributed by atoms with E-state index in [1.807, 2.05) is 13.8 Å². The van der Waals surface area contributed by atoms with Crippen molar-refractivity contribution in [3.05, 3.63) is 52.0 Å². The van der Waals surface area contributed by atoms with Gasteiger partial charge in [0.2, 0.25) is 0 Å². The van der Waals surface area contributed by atoms with Gasteiger partial charge in [-0.1, -0.05) is 15.9 Å². The van der Waals surface area contributed by atoms with Crippen LogP contribution < -0.4 is 14.9 Å². The molecule has 0 aromatic heterocycles. The highest BCUT2D eigenvalue weighted by Gasteiger charge is 2.14. The van der Waals surface area contributed by atoms with Crippen molar-refractivity contribution < 1.29 is 19.4 Å². The maximum atomic E-state index is 12.4. The Balaban J connectivity index is 2.16. The summed E-state index contributed by atoms with van der Waals surface area (Å²) in [6.45, 7) is 3.76. The first-order chi connectivity index (χ1) is 11.9. The number of benzene rings is 2. The van der Waals surface area contributed by atoms with Crippen molar-refractivity contribution in [3.8, 4) is 17.2 Å². The van der Waals surface area contributed by atoms with Gasteiger partial charge in [-0.2, -0.15) is 5.10 Å². The van der Waals surface area contributed by atoms with Crippen molar-refractivity contribution in [1.29, 1.82) is 0 Å². The Labute approximate surface area is 154 Å². The Morgan fingerprint density at radius 3 is 2.72 bits per heavy atom. The standard InChI is InChI=1S/C18H19BrN2O4/c1-11(2)25-17-7-4-13(19)9-15(17)18(23)21-20-10-12-8-14(24-3)5-6-16(12)22/h4-11,22H,1-3H3,(H,21,23)/b20-10-. The number of carbonyl (C=O) groups is 1. The molecule has 132 valence electrons. The van der Waals surface area contributed by atoms with Crippen LogP contribution in [0.4, 0.5) is 0 Å². The number of phenols is 1. The van der Waals surface area contributed by atoms with Crippen LogP contribution in [0.25, 0.3) is 0 Å². The van der Waals surface area contributed by atoms with Crippen LogP contribution in [0.5, 0.6) is 17.2 Å². The van der Waals surface area contributed by atoms with E-state index >= 15 is 0 Å². The number of hydrogen-bond donors (Lipinski definition) is 2. The molecule has 0 aliphatic heterocycles. The van der Waals surface area contributed by atoms with Crippen LogP contribution >= 0.6 is 15.9 Å². The van der Waals surface area contributed by atoms with Gasteiger partial charge < -0.3 is 14.6 Å². The first-order valence-electron chi connectivity index (χ1n) is 7.57. The summed E-state index contributed by atoms with van der Waals surface area (Å²) in [6, 6.07) is 9.90. The number of rotatable bonds is 6. The molecule has 0 aliphatic rings. The Morgan fingerprint density at radius 2 is 2.04 bits per heavy atom. The summed E-state index contributed by atoms with van der Waals surface area (Å²) in [7, 11) is 1.53. The lowest BCUT2D eigenvalue weighted by atomic mass is 10.2. The summed E-state index contributed by atoms with van der Waals surface area (Å²) in [6.07, 6.45) is 1.28. The van der Waals surface area contributed by atoms with E-state index in [2.05, 4.69) is 26.5 Å². The van der Waals surface area contributed by atoms with E-state index in [1.54, 1.807) is 30.3 Å². The number of nitrogens with one attached hydrogen (secondary N) is 1. The summed E-state index contributed by atoms with van der Waals surface area (Å²) >= 11 is 3.34. The van der Waals surface area contributed by atoms with Gasteiger partial charge in [-0.25, -0.2) is 5.43 Å². The molecule has 0 unspecified atom stereocenters. The van der Waals surface area contributed by atoms with E-state index < -0.39 is 5.91 Å². The summed E-state index contributed by atoms with van der Waals surface area (Å²) in [4.78, 5) is 12.4. The van der Waals surface area contributed by atoms with Crippen LogP contribution in [-0.4, -0.2) is 30.4 Å². The fourth-order valence-electron chi connectivity index (χ4n) is 2.02.